The lowest BCUT2D eigenvalue weighted by atomic mass is 10.1. The van der Waals surface area contributed by atoms with Crippen LogP contribution in [0.15, 0.2) is 12.7 Å². The molecule has 0 spiro atoms. The first kappa shape index (κ1) is 16.8. The van der Waals surface area contributed by atoms with Gasteiger partial charge >= 0.3 is 6.09 Å². The predicted octanol–water partition coefficient (Wildman–Crippen LogP) is 2.81. The molecule has 5 nitrogen and oxygen atoms in total. The van der Waals surface area contributed by atoms with Gasteiger partial charge in [0.1, 0.15) is 5.60 Å². The van der Waals surface area contributed by atoms with E-state index in [9.17, 15) is 9.59 Å². The standard InChI is InChI=1S/C17H28N2O3/c1-5-13-10-15(20)19(11-13)14-8-6-7-9-18(12-14)16(21)22-17(2,3)4/h5,13-14H,1,6-12H2,2-4H3. The van der Waals surface area contributed by atoms with Crippen molar-refractivity contribution in [2.75, 3.05) is 19.6 Å². The normalized spacial score (nSPS) is 26.8. The van der Waals surface area contributed by atoms with Gasteiger partial charge < -0.3 is 14.5 Å². The highest BCUT2D eigenvalue weighted by atomic mass is 16.6. The summed E-state index contributed by atoms with van der Waals surface area (Å²) in [5.74, 6) is 0.423. The van der Waals surface area contributed by atoms with Crippen molar-refractivity contribution in [2.45, 2.75) is 58.1 Å². The van der Waals surface area contributed by atoms with E-state index in [0.29, 0.717) is 19.5 Å². The monoisotopic (exact) mass is 308 g/mol. The Balaban J connectivity index is 2.02. The SMILES string of the molecule is C=CC1CC(=O)N(C2CCCCN(C(=O)OC(C)(C)C)C2)C1. The van der Waals surface area contributed by atoms with E-state index in [4.69, 9.17) is 4.74 Å². The van der Waals surface area contributed by atoms with Gasteiger partial charge in [-0.1, -0.05) is 6.08 Å². The Hall–Kier alpha value is -1.52. The molecule has 0 aromatic rings. The second kappa shape index (κ2) is 6.71. The number of likely N-dealkylation sites (tertiary alicyclic amines) is 2. The zero-order chi connectivity index (χ0) is 16.3. The molecule has 2 rings (SSSR count). The van der Waals surface area contributed by atoms with E-state index in [1.165, 1.54) is 0 Å². The Morgan fingerprint density at radius 1 is 1.32 bits per heavy atom. The van der Waals surface area contributed by atoms with Crippen LogP contribution < -0.4 is 0 Å². The molecule has 2 amide bonds. The van der Waals surface area contributed by atoms with Gasteiger partial charge in [0.15, 0.2) is 0 Å². The second-order valence-electron chi connectivity index (χ2n) is 7.32. The summed E-state index contributed by atoms with van der Waals surface area (Å²) in [6.07, 6.45) is 5.09. The summed E-state index contributed by atoms with van der Waals surface area (Å²) in [4.78, 5) is 28.2. The lowest BCUT2D eigenvalue weighted by Gasteiger charge is -2.32. The highest BCUT2D eigenvalue weighted by Gasteiger charge is 2.36. The molecule has 124 valence electrons. The molecule has 2 atom stereocenters. The van der Waals surface area contributed by atoms with Crippen LogP contribution >= 0.6 is 0 Å². The third-order valence-electron chi connectivity index (χ3n) is 4.26. The predicted molar refractivity (Wildman–Crippen MR) is 85.5 cm³/mol. The summed E-state index contributed by atoms with van der Waals surface area (Å²) >= 11 is 0. The fourth-order valence-electron chi connectivity index (χ4n) is 3.14. The Labute approximate surface area is 133 Å². The van der Waals surface area contributed by atoms with E-state index in [2.05, 4.69) is 6.58 Å². The van der Waals surface area contributed by atoms with Crippen LogP contribution in [-0.2, 0) is 9.53 Å². The van der Waals surface area contributed by atoms with E-state index < -0.39 is 5.60 Å². The summed E-state index contributed by atoms with van der Waals surface area (Å²) < 4.78 is 5.48. The van der Waals surface area contributed by atoms with Crippen LogP contribution in [0.25, 0.3) is 0 Å². The average molecular weight is 308 g/mol. The number of carbonyl (C=O) groups excluding carboxylic acids is 2. The van der Waals surface area contributed by atoms with Crippen molar-refractivity contribution in [3.63, 3.8) is 0 Å². The molecule has 0 bridgehead atoms. The summed E-state index contributed by atoms with van der Waals surface area (Å²) in [6, 6.07) is 0.104. The third-order valence-corrected chi connectivity index (χ3v) is 4.26. The van der Waals surface area contributed by atoms with Crippen LogP contribution in [0.5, 0.6) is 0 Å². The number of carbonyl (C=O) groups is 2. The molecule has 0 aliphatic carbocycles. The van der Waals surface area contributed by atoms with E-state index in [1.807, 2.05) is 31.7 Å². The van der Waals surface area contributed by atoms with Gasteiger partial charge in [-0.2, -0.15) is 0 Å². The molecule has 2 aliphatic heterocycles. The smallest absolute Gasteiger partial charge is 0.410 e. The number of ether oxygens (including phenoxy) is 1. The van der Waals surface area contributed by atoms with E-state index in [0.717, 1.165) is 25.8 Å². The van der Waals surface area contributed by atoms with E-state index >= 15 is 0 Å². The van der Waals surface area contributed by atoms with Crippen molar-refractivity contribution in [3.05, 3.63) is 12.7 Å². The quantitative estimate of drug-likeness (QED) is 0.737. The van der Waals surface area contributed by atoms with Crippen LogP contribution in [0.3, 0.4) is 0 Å². The number of amides is 2. The van der Waals surface area contributed by atoms with Gasteiger partial charge in [-0.3, -0.25) is 4.79 Å². The van der Waals surface area contributed by atoms with Gasteiger partial charge in [0.25, 0.3) is 0 Å². The van der Waals surface area contributed by atoms with Crippen LogP contribution in [0, 0.1) is 5.92 Å². The lowest BCUT2D eigenvalue weighted by molar-refractivity contribution is -0.130. The van der Waals surface area contributed by atoms with Gasteiger partial charge in [0.05, 0.1) is 0 Å². The minimum atomic E-state index is -0.490. The molecular formula is C17H28N2O3. The Morgan fingerprint density at radius 3 is 2.64 bits per heavy atom. The number of rotatable bonds is 2. The molecule has 2 saturated heterocycles. The lowest BCUT2D eigenvalue weighted by Crippen LogP contribution is -2.46. The van der Waals surface area contributed by atoms with Gasteiger partial charge in [-0.05, 0) is 40.0 Å². The molecule has 22 heavy (non-hydrogen) atoms. The Morgan fingerprint density at radius 2 is 2.05 bits per heavy atom. The van der Waals surface area contributed by atoms with Crippen LogP contribution in [0.2, 0.25) is 0 Å². The maximum Gasteiger partial charge on any atom is 0.410 e. The van der Waals surface area contributed by atoms with Crippen molar-refractivity contribution in [1.29, 1.82) is 0 Å². The van der Waals surface area contributed by atoms with Crippen LogP contribution in [0.1, 0.15) is 46.5 Å². The first-order valence-corrected chi connectivity index (χ1v) is 8.20. The molecule has 2 heterocycles. The molecule has 2 unspecified atom stereocenters. The summed E-state index contributed by atoms with van der Waals surface area (Å²) in [7, 11) is 0. The minimum Gasteiger partial charge on any atom is -0.444 e. The second-order valence-corrected chi connectivity index (χ2v) is 7.32. The molecule has 2 aliphatic rings. The van der Waals surface area contributed by atoms with E-state index in [1.54, 1.807) is 4.90 Å². The molecule has 2 fully saturated rings. The molecule has 0 radical (unpaired) electrons. The highest BCUT2D eigenvalue weighted by molar-refractivity contribution is 5.79. The Kier molecular flexibility index (Phi) is 5.14. The van der Waals surface area contributed by atoms with Gasteiger partial charge in [-0.25, -0.2) is 4.79 Å². The minimum absolute atomic E-state index is 0.104. The molecule has 0 saturated carbocycles. The van der Waals surface area contributed by atoms with Crippen molar-refractivity contribution in [2.24, 2.45) is 5.92 Å². The summed E-state index contributed by atoms with van der Waals surface area (Å²) in [5.41, 5.74) is -0.490. The highest BCUT2D eigenvalue weighted by Crippen LogP contribution is 2.26. The van der Waals surface area contributed by atoms with Gasteiger partial charge in [0, 0.05) is 38.0 Å². The topological polar surface area (TPSA) is 49.9 Å². The third kappa shape index (κ3) is 4.24. The van der Waals surface area contributed by atoms with Crippen molar-refractivity contribution >= 4 is 12.0 Å². The molecule has 0 aromatic heterocycles. The first-order chi connectivity index (χ1) is 10.3. The zero-order valence-electron chi connectivity index (χ0n) is 14.0. The molecular weight excluding hydrogens is 280 g/mol. The van der Waals surface area contributed by atoms with Crippen molar-refractivity contribution in [3.8, 4) is 0 Å². The summed E-state index contributed by atoms with van der Waals surface area (Å²) in [5, 5.41) is 0. The molecule has 0 N–H and O–H groups in total. The fraction of sp³-hybridized carbons (Fsp3) is 0.765. The molecule has 0 aromatic carbocycles. The number of hydrogen-bond acceptors (Lipinski definition) is 3. The van der Waals surface area contributed by atoms with Crippen LogP contribution in [-0.4, -0.2) is 53.1 Å². The van der Waals surface area contributed by atoms with Crippen molar-refractivity contribution in [1.82, 2.24) is 9.80 Å². The fourth-order valence-corrected chi connectivity index (χ4v) is 3.14. The largest absolute Gasteiger partial charge is 0.444 e. The van der Waals surface area contributed by atoms with Gasteiger partial charge in [-0.15, -0.1) is 6.58 Å². The maximum absolute atomic E-state index is 12.3. The van der Waals surface area contributed by atoms with Crippen LogP contribution in [0.4, 0.5) is 4.79 Å². The van der Waals surface area contributed by atoms with E-state index in [-0.39, 0.29) is 24.0 Å². The maximum atomic E-state index is 12.3. The average Bonchev–Trinajstić information content (AvgIpc) is 2.64. The number of hydrogen-bond donors (Lipinski definition) is 0. The summed E-state index contributed by atoms with van der Waals surface area (Å²) in [6.45, 7) is 11.4. The van der Waals surface area contributed by atoms with Crippen molar-refractivity contribution < 1.29 is 14.3 Å². The first-order valence-electron chi connectivity index (χ1n) is 8.20. The zero-order valence-corrected chi connectivity index (χ0v) is 14.0. The number of nitrogens with zero attached hydrogens (tertiary/aromatic N) is 2. The van der Waals surface area contributed by atoms with Gasteiger partial charge in [0.2, 0.25) is 5.91 Å². The molecule has 5 heteroatoms. The Bertz CT molecular complexity index is 442.